The Bertz CT molecular complexity index is 247. The van der Waals surface area contributed by atoms with E-state index in [9.17, 15) is 13.6 Å². The van der Waals surface area contributed by atoms with Crippen molar-refractivity contribution in [3.05, 3.63) is 0 Å². The van der Waals surface area contributed by atoms with Crippen molar-refractivity contribution in [1.29, 1.82) is 0 Å². The van der Waals surface area contributed by atoms with Gasteiger partial charge in [-0.3, -0.25) is 4.79 Å². The van der Waals surface area contributed by atoms with Gasteiger partial charge in [-0.1, -0.05) is 0 Å². The van der Waals surface area contributed by atoms with Crippen molar-refractivity contribution in [1.82, 2.24) is 0 Å². The molecule has 0 amide bonds. The van der Waals surface area contributed by atoms with Crippen LogP contribution in [0.5, 0.6) is 0 Å². The molecular formula is C8H11F2NO2. The van der Waals surface area contributed by atoms with Crippen molar-refractivity contribution < 1.29 is 18.7 Å². The summed E-state index contributed by atoms with van der Waals surface area (Å²) < 4.78 is 24.7. The lowest BCUT2D eigenvalue weighted by molar-refractivity contribution is -0.274. The highest BCUT2D eigenvalue weighted by molar-refractivity contribution is 5.75. The van der Waals surface area contributed by atoms with Crippen molar-refractivity contribution in [3.63, 3.8) is 0 Å². The van der Waals surface area contributed by atoms with Gasteiger partial charge in [0.2, 0.25) is 6.43 Å². The monoisotopic (exact) mass is 191 g/mol. The van der Waals surface area contributed by atoms with Gasteiger partial charge in [-0.25, -0.2) is 8.78 Å². The first-order valence-corrected chi connectivity index (χ1v) is 4.18. The number of aliphatic carboxylic acids is 1. The summed E-state index contributed by atoms with van der Waals surface area (Å²) in [6.45, 7) is 0. The van der Waals surface area contributed by atoms with E-state index in [4.69, 9.17) is 10.8 Å². The normalized spacial score (nSPS) is 43.7. The standard InChI is InChI=1S/C8H11F2NO2/c9-6(10)8-1-7(2-8,3-8)4(11)5(12)13/h4,6H,1-3,11H2,(H,12,13)/t4-,7?,8?/m0/s1. The summed E-state index contributed by atoms with van der Waals surface area (Å²) >= 11 is 0. The second-order valence-corrected chi connectivity index (χ2v) is 4.37. The van der Waals surface area contributed by atoms with E-state index >= 15 is 0 Å². The third-order valence-corrected chi connectivity index (χ3v) is 3.50. The molecule has 2 bridgehead atoms. The molecule has 0 heterocycles. The van der Waals surface area contributed by atoms with Gasteiger partial charge in [-0.05, 0) is 24.7 Å². The Balaban J connectivity index is 2.00. The Morgan fingerprint density at radius 2 is 1.77 bits per heavy atom. The molecule has 5 heteroatoms. The molecule has 0 unspecified atom stereocenters. The molecule has 1 atom stereocenters. The summed E-state index contributed by atoms with van der Waals surface area (Å²) in [5.41, 5.74) is 4.02. The van der Waals surface area contributed by atoms with Gasteiger partial charge in [0.25, 0.3) is 0 Å². The number of carbonyl (C=O) groups is 1. The van der Waals surface area contributed by atoms with Crippen molar-refractivity contribution >= 4 is 5.97 Å². The van der Waals surface area contributed by atoms with Crippen LogP contribution in [-0.4, -0.2) is 23.5 Å². The molecule has 3 aliphatic rings. The molecule has 3 aliphatic carbocycles. The Morgan fingerprint density at radius 3 is 2.08 bits per heavy atom. The fourth-order valence-corrected chi connectivity index (χ4v) is 2.77. The smallest absolute Gasteiger partial charge is 0.321 e. The zero-order chi connectivity index (χ0) is 9.85. The van der Waals surface area contributed by atoms with Crippen molar-refractivity contribution in [2.75, 3.05) is 0 Å². The molecule has 0 spiro atoms. The zero-order valence-corrected chi connectivity index (χ0v) is 6.96. The third kappa shape index (κ3) is 0.879. The summed E-state index contributed by atoms with van der Waals surface area (Å²) in [5, 5.41) is 8.62. The van der Waals surface area contributed by atoms with Gasteiger partial charge in [0.1, 0.15) is 6.04 Å². The average Bonchev–Trinajstić information content (AvgIpc) is 1.79. The van der Waals surface area contributed by atoms with Crippen molar-refractivity contribution in [2.24, 2.45) is 16.6 Å². The molecular weight excluding hydrogens is 180 g/mol. The first-order chi connectivity index (χ1) is 5.92. The van der Waals surface area contributed by atoms with E-state index in [1.54, 1.807) is 0 Å². The highest BCUT2D eigenvalue weighted by atomic mass is 19.3. The van der Waals surface area contributed by atoms with E-state index < -0.39 is 29.3 Å². The Kier molecular flexibility index (Phi) is 1.50. The van der Waals surface area contributed by atoms with Crippen LogP contribution >= 0.6 is 0 Å². The number of carboxylic acids is 1. The number of halogens is 2. The Morgan fingerprint density at radius 1 is 1.31 bits per heavy atom. The third-order valence-electron chi connectivity index (χ3n) is 3.50. The zero-order valence-electron chi connectivity index (χ0n) is 6.96. The Labute approximate surface area is 73.9 Å². The fourth-order valence-electron chi connectivity index (χ4n) is 2.77. The van der Waals surface area contributed by atoms with E-state index in [2.05, 4.69) is 0 Å². The van der Waals surface area contributed by atoms with Crippen LogP contribution in [-0.2, 0) is 4.79 Å². The number of nitrogens with two attached hydrogens (primary N) is 1. The van der Waals surface area contributed by atoms with Crippen LogP contribution in [0.3, 0.4) is 0 Å². The summed E-state index contributed by atoms with van der Waals surface area (Å²) in [7, 11) is 0. The van der Waals surface area contributed by atoms with Crippen molar-refractivity contribution in [2.45, 2.75) is 31.7 Å². The largest absolute Gasteiger partial charge is 0.480 e. The van der Waals surface area contributed by atoms with Gasteiger partial charge in [-0.2, -0.15) is 0 Å². The maximum Gasteiger partial charge on any atom is 0.321 e. The number of rotatable bonds is 3. The highest BCUT2D eigenvalue weighted by Crippen LogP contribution is 2.76. The predicted molar refractivity (Wildman–Crippen MR) is 40.3 cm³/mol. The van der Waals surface area contributed by atoms with Gasteiger partial charge < -0.3 is 10.8 Å². The molecule has 0 aromatic rings. The molecule has 3 saturated carbocycles. The summed E-state index contributed by atoms with van der Waals surface area (Å²) in [6, 6.07) is -0.965. The molecule has 13 heavy (non-hydrogen) atoms. The minimum Gasteiger partial charge on any atom is -0.480 e. The lowest BCUT2D eigenvalue weighted by Gasteiger charge is -2.71. The highest BCUT2D eigenvalue weighted by Gasteiger charge is 2.74. The molecule has 3 rings (SSSR count). The van der Waals surface area contributed by atoms with Crippen LogP contribution in [0.15, 0.2) is 0 Å². The van der Waals surface area contributed by atoms with E-state index in [0.29, 0.717) is 0 Å². The van der Waals surface area contributed by atoms with Crippen LogP contribution in [0.25, 0.3) is 0 Å². The molecule has 3 fully saturated rings. The summed E-state index contributed by atoms with van der Waals surface area (Å²) in [5.74, 6) is -1.08. The number of hydrogen-bond acceptors (Lipinski definition) is 2. The van der Waals surface area contributed by atoms with Crippen molar-refractivity contribution in [3.8, 4) is 0 Å². The van der Waals surface area contributed by atoms with Gasteiger partial charge in [0, 0.05) is 5.41 Å². The van der Waals surface area contributed by atoms with E-state index in [-0.39, 0.29) is 19.3 Å². The molecule has 3 nitrogen and oxygen atoms in total. The lowest BCUT2D eigenvalue weighted by atomic mass is 9.33. The number of hydrogen-bond donors (Lipinski definition) is 2. The maximum atomic E-state index is 12.3. The maximum absolute atomic E-state index is 12.3. The molecule has 0 saturated heterocycles. The SMILES string of the molecule is N[C@@H](C(=O)O)C12CC(C(F)F)(C1)C2. The summed E-state index contributed by atoms with van der Waals surface area (Å²) in [4.78, 5) is 10.5. The number of carboxylic acid groups (broad SMARTS) is 1. The second kappa shape index (κ2) is 2.20. The Hall–Kier alpha value is -0.710. The molecule has 0 aliphatic heterocycles. The molecule has 0 aromatic carbocycles. The average molecular weight is 191 g/mol. The first kappa shape index (κ1) is 8.87. The predicted octanol–water partition coefficient (Wildman–Crippen LogP) is 0.834. The lowest BCUT2D eigenvalue weighted by Crippen LogP contribution is -2.72. The van der Waals surface area contributed by atoms with Gasteiger partial charge in [0.15, 0.2) is 0 Å². The van der Waals surface area contributed by atoms with Gasteiger partial charge in [-0.15, -0.1) is 0 Å². The van der Waals surface area contributed by atoms with Gasteiger partial charge in [0.05, 0.1) is 0 Å². The fraction of sp³-hybridized carbons (Fsp3) is 0.875. The van der Waals surface area contributed by atoms with E-state index in [1.807, 2.05) is 0 Å². The number of alkyl halides is 2. The first-order valence-electron chi connectivity index (χ1n) is 4.18. The van der Waals surface area contributed by atoms with Crippen LogP contribution < -0.4 is 5.73 Å². The molecule has 0 aromatic heterocycles. The molecule has 0 radical (unpaired) electrons. The topological polar surface area (TPSA) is 63.3 Å². The van der Waals surface area contributed by atoms with Crippen LogP contribution in [0.2, 0.25) is 0 Å². The minimum absolute atomic E-state index is 0.283. The van der Waals surface area contributed by atoms with Crippen LogP contribution in [0.4, 0.5) is 8.78 Å². The van der Waals surface area contributed by atoms with E-state index in [1.165, 1.54) is 0 Å². The molecule has 3 N–H and O–H groups in total. The molecule has 74 valence electrons. The van der Waals surface area contributed by atoms with Gasteiger partial charge >= 0.3 is 5.97 Å². The van der Waals surface area contributed by atoms with Crippen LogP contribution in [0.1, 0.15) is 19.3 Å². The van der Waals surface area contributed by atoms with E-state index in [0.717, 1.165) is 0 Å². The second-order valence-electron chi connectivity index (χ2n) is 4.37. The minimum atomic E-state index is -2.32. The quantitative estimate of drug-likeness (QED) is 0.694. The van der Waals surface area contributed by atoms with Crippen LogP contribution in [0, 0.1) is 10.8 Å². The summed E-state index contributed by atoms with van der Waals surface area (Å²) in [6.07, 6.45) is -1.48.